The van der Waals surface area contributed by atoms with Crippen molar-refractivity contribution in [1.29, 1.82) is 0 Å². The number of amides is 1. The SMILES string of the molecule is COc1cccc(OC)c1C(=O)NCCN(C)S(=O)(=O)c1c(C)noc1C. The zero-order chi connectivity index (χ0) is 20.2. The summed E-state index contributed by atoms with van der Waals surface area (Å²) in [5, 5.41) is 6.35. The highest BCUT2D eigenvalue weighted by Crippen LogP contribution is 2.28. The molecule has 9 nitrogen and oxygen atoms in total. The molecule has 0 aliphatic rings. The first-order valence-corrected chi connectivity index (χ1v) is 9.56. The Kier molecular flexibility index (Phi) is 6.45. The third-order valence-corrected chi connectivity index (χ3v) is 6.11. The van der Waals surface area contributed by atoms with Crippen molar-refractivity contribution < 1.29 is 27.2 Å². The smallest absolute Gasteiger partial charge is 0.258 e. The first kappa shape index (κ1) is 20.7. The number of hydrogen-bond acceptors (Lipinski definition) is 7. The summed E-state index contributed by atoms with van der Waals surface area (Å²) in [6.07, 6.45) is 0. The molecule has 1 aromatic heterocycles. The maximum Gasteiger partial charge on any atom is 0.258 e. The van der Waals surface area contributed by atoms with Crippen molar-refractivity contribution in [2.45, 2.75) is 18.7 Å². The summed E-state index contributed by atoms with van der Waals surface area (Å²) in [4.78, 5) is 12.6. The van der Waals surface area contributed by atoms with E-state index in [1.807, 2.05) is 0 Å². The van der Waals surface area contributed by atoms with Crippen molar-refractivity contribution in [3.8, 4) is 11.5 Å². The van der Waals surface area contributed by atoms with E-state index >= 15 is 0 Å². The molecular weight excluding hydrogens is 374 g/mol. The second-order valence-electron chi connectivity index (χ2n) is 5.77. The average Bonchev–Trinajstić information content (AvgIpc) is 2.99. The van der Waals surface area contributed by atoms with E-state index in [0.717, 1.165) is 4.31 Å². The highest BCUT2D eigenvalue weighted by atomic mass is 32.2. The van der Waals surface area contributed by atoms with Gasteiger partial charge in [0.05, 0.1) is 14.2 Å². The Morgan fingerprint density at radius 2 is 1.81 bits per heavy atom. The number of carbonyl (C=O) groups excluding carboxylic acids is 1. The van der Waals surface area contributed by atoms with E-state index in [1.165, 1.54) is 28.2 Å². The quantitative estimate of drug-likeness (QED) is 0.716. The van der Waals surface area contributed by atoms with Gasteiger partial charge in [-0.25, -0.2) is 8.42 Å². The molecule has 0 saturated carbocycles. The highest BCUT2D eigenvalue weighted by Gasteiger charge is 2.28. The predicted molar refractivity (Wildman–Crippen MR) is 97.7 cm³/mol. The number of sulfonamides is 1. The second kappa shape index (κ2) is 8.40. The van der Waals surface area contributed by atoms with Crippen molar-refractivity contribution in [1.82, 2.24) is 14.8 Å². The molecule has 27 heavy (non-hydrogen) atoms. The molecule has 0 bridgehead atoms. The van der Waals surface area contributed by atoms with Crippen LogP contribution in [0.1, 0.15) is 21.8 Å². The summed E-state index contributed by atoms with van der Waals surface area (Å²) >= 11 is 0. The van der Waals surface area contributed by atoms with Gasteiger partial charge in [0.15, 0.2) is 5.76 Å². The third-order valence-electron chi connectivity index (χ3n) is 4.00. The van der Waals surface area contributed by atoms with Crippen LogP contribution in [0, 0.1) is 13.8 Å². The highest BCUT2D eigenvalue weighted by molar-refractivity contribution is 7.89. The Hall–Kier alpha value is -2.59. The van der Waals surface area contributed by atoms with Gasteiger partial charge in [0, 0.05) is 20.1 Å². The van der Waals surface area contributed by atoms with Crippen LogP contribution in [0.25, 0.3) is 0 Å². The molecule has 10 heteroatoms. The van der Waals surface area contributed by atoms with Gasteiger partial charge in [0.1, 0.15) is 27.7 Å². The molecule has 1 N–H and O–H groups in total. The van der Waals surface area contributed by atoms with E-state index in [1.54, 1.807) is 25.1 Å². The van der Waals surface area contributed by atoms with Crippen molar-refractivity contribution >= 4 is 15.9 Å². The van der Waals surface area contributed by atoms with Gasteiger partial charge in [-0.2, -0.15) is 4.31 Å². The summed E-state index contributed by atoms with van der Waals surface area (Å²) in [6.45, 7) is 3.26. The molecule has 1 amide bonds. The number of nitrogens with one attached hydrogen (secondary N) is 1. The molecule has 2 rings (SSSR count). The number of aromatic nitrogens is 1. The summed E-state index contributed by atoms with van der Waals surface area (Å²) in [5.74, 6) is 0.529. The lowest BCUT2D eigenvalue weighted by atomic mass is 10.1. The first-order chi connectivity index (χ1) is 12.7. The number of nitrogens with zero attached hydrogens (tertiary/aromatic N) is 2. The van der Waals surface area contributed by atoms with Crippen LogP contribution in [-0.4, -0.2) is 58.1 Å². The molecule has 1 aromatic carbocycles. The largest absolute Gasteiger partial charge is 0.496 e. The van der Waals surface area contributed by atoms with E-state index in [0.29, 0.717) is 17.2 Å². The summed E-state index contributed by atoms with van der Waals surface area (Å²) in [7, 11) is 0.567. The van der Waals surface area contributed by atoms with Crippen molar-refractivity contribution in [3.63, 3.8) is 0 Å². The van der Waals surface area contributed by atoms with Gasteiger partial charge < -0.3 is 19.3 Å². The van der Waals surface area contributed by atoms with E-state index < -0.39 is 15.9 Å². The summed E-state index contributed by atoms with van der Waals surface area (Å²) < 4.78 is 41.8. The lowest BCUT2D eigenvalue weighted by molar-refractivity contribution is 0.0946. The summed E-state index contributed by atoms with van der Waals surface area (Å²) in [6, 6.07) is 5.00. The fraction of sp³-hybridized carbons (Fsp3) is 0.412. The Morgan fingerprint density at radius 1 is 1.22 bits per heavy atom. The van der Waals surface area contributed by atoms with Crippen LogP contribution >= 0.6 is 0 Å². The number of methoxy groups -OCH3 is 2. The van der Waals surface area contributed by atoms with Crippen LogP contribution in [0.5, 0.6) is 11.5 Å². The molecular formula is C17H23N3O6S. The van der Waals surface area contributed by atoms with Crippen LogP contribution < -0.4 is 14.8 Å². The standard InChI is InChI=1S/C17H23N3O6S/c1-11-16(12(2)26-19-11)27(22,23)20(3)10-9-18-17(21)15-13(24-4)7-6-8-14(15)25-5/h6-8H,9-10H2,1-5H3,(H,18,21). The number of likely N-dealkylation sites (N-methyl/N-ethyl adjacent to an activating group) is 1. The molecule has 0 spiro atoms. The number of ether oxygens (including phenoxy) is 2. The maximum absolute atomic E-state index is 12.7. The molecule has 0 saturated heterocycles. The molecule has 1 heterocycles. The average molecular weight is 397 g/mol. The van der Waals surface area contributed by atoms with Gasteiger partial charge in [-0.05, 0) is 26.0 Å². The van der Waals surface area contributed by atoms with Crippen LogP contribution in [0.4, 0.5) is 0 Å². The van der Waals surface area contributed by atoms with Crippen LogP contribution in [0.15, 0.2) is 27.6 Å². The van der Waals surface area contributed by atoms with Crippen molar-refractivity contribution in [2.24, 2.45) is 0 Å². The number of rotatable bonds is 8. The normalized spacial score (nSPS) is 11.5. The fourth-order valence-electron chi connectivity index (χ4n) is 2.61. The lowest BCUT2D eigenvalue weighted by Crippen LogP contribution is -2.36. The topological polar surface area (TPSA) is 111 Å². The van der Waals surface area contributed by atoms with Crippen LogP contribution in [-0.2, 0) is 10.0 Å². The van der Waals surface area contributed by atoms with Gasteiger partial charge >= 0.3 is 0 Å². The first-order valence-electron chi connectivity index (χ1n) is 8.12. The molecule has 148 valence electrons. The lowest BCUT2D eigenvalue weighted by Gasteiger charge is -2.18. The van der Waals surface area contributed by atoms with Gasteiger partial charge in [-0.15, -0.1) is 0 Å². The van der Waals surface area contributed by atoms with E-state index in [-0.39, 0.29) is 29.3 Å². The Bertz CT molecular complexity index is 881. The van der Waals surface area contributed by atoms with Crippen LogP contribution in [0.2, 0.25) is 0 Å². The van der Waals surface area contributed by atoms with E-state index in [4.69, 9.17) is 14.0 Å². The zero-order valence-corrected chi connectivity index (χ0v) is 16.7. The van der Waals surface area contributed by atoms with Gasteiger partial charge in [0.25, 0.3) is 5.91 Å². The minimum absolute atomic E-state index is 0.0442. The van der Waals surface area contributed by atoms with E-state index in [2.05, 4.69) is 10.5 Å². The Balaban J connectivity index is 2.07. The van der Waals surface area contributed by atoms with Crippen molar-refractivity contribution in [3.05, 3.63) is 35.2 Å². The summed E-state index contributed by atoms with van der Waals surface area (Å²) in [5.41, 5.74) is 0.542. The van der Waals surface area contributed by atoms with E-state index in [9.17, 15) is 13.2 Å². The minimum atomic E-state index is -3.77. The fourth-order valence-corrected chi connectivity index (χ4v) is 4.06. The Morgan fingerprint density at radius 3 is 2.30 bits per heavy atom. The molecule has 0 unspecified atom stereocenters. The van der Waals surface area contributed by atoms with Crippen LogP contribution in [0.3, 0.4) is 0 Å². The third kappa shape index (κ3) is 4.22. The zero-order valence-electron chi connectivity index (χ0n) is 15.9. The second-order valence-corrected chi connectivity index (χ2v) is 7.76. The molecule has 0 aliphatic carbocycles. The predicted octanol–water partition coefficient (Wildman–Crippen LogP) is 1.36. The molecule has 0 fully saturated rings. The maximum atomic E-state index is 12.7. The van der Waals surface area contributed by atoms with Crippen molar-refractivity contribution in [2.75, 3.05) is 34.4 Å². The number of benzene rings is 1. The monoisotopic (exact) mass is 397 g/mol. The molecule has 0 aliphatic heterocycles. The Labute approximate surface area is 158 Å². The number of aryl methyl sites for hydroxylation is 2. The van der Waals surface area contributed by atoms with Gasteiger partial charge in [0.2, 0.25) is 10.0 Å². The van der Waals surface area contributed by atoms with Gasteiger partial charge in [-0.3, -0.25) is 4.79 Å². The minimum Gasteiger partial charge on any atom is -0.496 e. The molecule has 0 radical (unpaired) electrons. The van der Waals surface area contributed by atoms with Gasteiger partial charge in [-0.1, -0.05) is 11.2 Å². The molecule has 0 atom stereocenters. The number of hydrogen-bond donors (Lipinski definition) is 1. The molecule has 2 aromatic rings. The number of carbonyl (C=O) groups is 1.